The fourth-order valence-corrected chi connectivity index (χ4v) is 2.60. The second-order valence-electron chi connectivity index (χ2n) is 5.01. The smallest absolute Gasteiger partial charge is 0.250 e. The van der Waals surface area contributed by atoms with Crippen LogP contribution in [0.25, 0.3) is 0 Å². The molecule has 1 aliphatic rings. The molecule has 100 valence electrons. The highest BCUT2D eigenvalue weighted by atomic mass is 79.9. The maximum atomic E-state index is 13.6. The molecule has 2 rings (SSSR count). The van der Waals surface area contributed by atoms with Crippen LogP contribution in [0.4, 0.5) is 4.39 Å². The van der Waals surface area contributed by atoms with Crippen molar-refractivity contribution in [2.75, 3.05) is 6.61 Å². The van der Waals surface area contributed by atoms with Crippen LogP contribution >= 0.6 is 15.9 Å². The largest absolute Gasteiger partial charge is 0.474 e. The molecule has 0 atom stereocenters. The van der Waals surface area contributed by atoms with E-state index in [0.717, 1.165) is 25.7 Å². The van der Waals surface area contributed by atoms with Gasteiger partial charge in [-0.05, 0) is 34.8 Å². The monoisotopic (exact) mass is 316 g/mol. The molecule has 1 aliphatic carbocycles. The molecule has 0 aromatic carbocycles. The van der Waals surface area contributed by atoms with Gasteiger partial charge in [0.15, 0.2) is 5.82 Å². The minimum absolute atomic E-state index is 0.0345. The fourth-order valence-electron chi connectivity index (χ4n) is 2.30. The molecule has 5 heteroatoms. The van der Waals surface area contributed by atoms with Crippen molar-refractivity contribution in [2.24, 2.45) is 5.73 Å². The number of nitrogens with zero attached hydrogens (tertiary/aromatic N) is 1. The van der Waals surface area contributed by atoms with E-state index in [0.29, 0.717) is 11.1 Å². The SMILES string of the molecule is NC1(COc2ncc(Br)cc2F)CCCCCC1. The first-order chi connectivity index (χ1) is 8.59. The molecule has 18 heavy (non-hydrogen) atoms. The Morgan fingerprint density at radius 3 is 2.61 bits per heavy atom. The molecule has 0 bridgehead atoms. The molecule has 1 aromatic heterocycles. The lowest BCUT2D eigenvalue weighted by atomic mass is 9.93. The summed E-state index contributed by atoms with van der Waals surface area (Å²) in [6.07, 6.45) is 8.09. The Morgan fingerprint density at radius 1 is 1.33 bits per heavy atom. The van der Waals surface area contributed by atoms with Gasteiger partial charge in [-0.25, -0.2) is 9.37 Å². The van der Waals surface area contributed by atoms with Gasteiger partial charge in [0.25, 0.3) is 5.88 Å². The molecule has 2 N–H and O–H groups in total. The van der Waals surface area contributed by atoms with E-state index in [9.17, 15) is 4.39 Å². The highest BCUT2D eigenvalue weighted by Gasteiger charge is 2.27. The van der Waals surface area contributed by atoms with Gasteiger partial charge in [0, 0.05) is 10.7 Å². The van der Waals surface area contributed by atoms with E-state index in [-0.39, 0.29) is 11.4 Å². The summed E-state index contributed by atoms with van der Waals surface area (Å²) < 4.78 is 19.6. The number of aromatic nitrogens is 1. The third-order valence-electron chi connectivity index (χ3n) is 3.37. The molecule has 1 fully saturated rings. The number of pyridine rings is 1. The molecule has 0 saturated heterocycles. The highest BCUT2D eigenvalue weighted by Crippen LogP contribution is 2.26. The number of rotatable bonds is 3. The third-order valence-corrected chi connectivity index (χ3v) is 3.80. The van der Waals surface area contributed by atoms with Crippen molar-refractivity contribution in [3.63, 3.8) is 0 Å². The minimum Gasteiger partial charge on any atom is -0.474 e. The van der Waals surface area contributed by atoms with E-state index >= 15 is 0 Å². The number of ether oxygens (including phenoxy) is 1. The minimum atomic E-state index is -0.457. The molecule has 0 spiro atoms. The van der Waals surface area contributed by atoms with Crippen LogP contribution in [-0.2, 0) is 0 Å². The Bertz CT molecular complexity index is 406. The number of halogens is 2. The van der Waals surface area contributed by atoms with Crippen LogP contribution in [0.2, 0.25) is 0 Å². The van der Waals surface area contributed by atoms with Crippen LogP contribution in [0.1, 0.15) is 38.5 Å². The maximum absolute atomic E-state index is 13.6. The third kappa shape index (κ3) is 3.65. The lowest BCUT2D eigenvalue weighted by Crippen LogP contribution is -2.45. The van der Waals surface area contributed by atoms with Gasteiger partial charge in [-0.1, -0.05) is 25.7 Å². The zero-order valence-electron chi connectivity index (χ0n) is 10.3. The van der Waals surface area contributed by atoms with Crippen LogP contribution in [0, 0.1) is 5.82 Å². The van der Waals surface area contributed by atoms with Crippen molar-refractivity contribution in [3.8, 4) is 5.88 Å². The molecular formula is C13H18BrFN2O. The number of nitrogens with two attached hydrogens (primary N) is 1. The summed E-state index contributed by atoms with van der Waals surface area (Å²) in [7, 11) is 0. The topological polar surface area (TPSA) is 48.1 Å². The van der Waals surface area contributed by atoms with E-state index < -0.39 is 5.82 Å². The normalized spacial score (nSPS) is 19.3. The highest BCUT2D eigenvalue weighted by molar-refractivity contribution is 9.10. The summed E-state index contributed by atoms with van der Waals surface area (Å²) in [6, 6.07) is 1.35. The average molecular weight is 317 g/mol. The van der Waals surface area contributed by atoms with Gasteiger partial charge >= 0.3 is 0 Å². The molecule has 0 radical (unpaired) electrons. The van der Waals surface area contributed by atoms with Gasteiger partial charge < -0.3 is 10.5 Å². The van der Waals surface area contributed by atoms with Gasteiger partial charge in [-0.15, -0.1) is 0 Å². The van der Waals surface area contributed by atoms with Gasteiger partial charge in [0.1, 0.15) is 6.61 Å². The Labute approximate surface area is 115 Å². The molecule has 1 aromatic rings. The van der Waals surface area contributed by atoms with Gasteiger partial charge in [-0.3, -0.25) is 0 Å². The lowest BCUT2D eigenvalue weighted by molar-refractivity contribution is 0.186. The summed E-state index contributed by atoms with van der Waals surface area (Å²) in [5, 5.41) is 0. The molecule has 3 nitrogen and oxygen atoms in total. The lowest BCUT2D eigenvalue weighted by Gasteiger charge is -2.27. The summed E-state index contributed by atoms with van der Waals surface area (Å²) in [4.78, 5) is 3.92. The number of hydrogen-bond donors (Lipinski definition) is 1. The maximum Gasteiger partial charge on any atom is 0.250 e. The zero-order valence-corrected chi connectivity index (χ0v) is 11.9. The molecule has 1 heterocycles. The van der Waals surface area contributed by atoms with E-state index in [1.54, 1.807) is 0 Å². The fraction of sp³-hybridized carbons (Fsp3) is 0.615. The van der Waals surface area contributed by atoms with Crippen LogP contribution in [0.15, 0.2) is 16.7 Å². The Morgan fingerprint density at radius 2 is 2.00 bits per heavy atom. The summed E-state index contributed by atoms with van der Waals surface area (Å²) in [6.45, 7) is 0.332. The standard InChI is InChI=1S/C13H18BrFN2O/c14-10-7-11(15)12(17-8-10)18-9-13(16)5-3-1-2-4-6-13/h7-8H,1-6,9,16H2. The Balaban J connectivity index is 1.97. The van der Waals surface area contributed by atoms with E-state index in [1.165, 1.54) is 25.1 Å². The second-order valence-corrected chi connectivity index (χ2v) is 5.92. The van der Waals surface area contributed by atoms with Crippen molar-refractivity contribution >= 4 is 15.9 Å². The summed E-state index contributed by atoms with van der Waals surface area (Å²) in [5.74, 6) is -0.422. The van der Waals surface area contributed by atoms with Crippen LogP contribution < -0.4 is 10.5 Å². The predicted octanol–water partition coefficient (Wildman–Crippen LogP) is 3.41. The van der Waals surface area contributed by atoms with Crippen LogP contribution in [0.3, 0.4) is 0 Å². The van der Waals surface area contributed by atoms with Crippen molar-refractivity contribution in [2.45, 2.75) is 44.1 Å². The van der Waals surface area contributed by atoms with E-state index in [2.05, 4.69) is 20.9 Å². The quantitative estimate of drug-likeness (QED) is 0.869. The van der Waals surface area contributed by atoms with Crippen molar-refractivity contribution in [3.05, 3.63) is 22.6 Å². The molecule has 0 aliphatic heterocycles. The van der Waals surface area contributed by atoms with Crippen molar-refractivity contribution in [1.82, 2.24) is 4.98 Å². The second kappa shape index (κ2) is 5.97. The van der Waals surface area contributed by atoms with Gasteiger partial charge in [0.2, 0.25) is 0 Å². The molecule has 0 unspecified atom stereocenters. The summed E-state index contributed by atoms with van der Waals surface area (Å²) >= 11 is 3.16. The molecule has 0 amide bonds. The van der Waals surface area contributed by atoms with Gasteiger partial charge in [-0.2, -0.15) is 0 Å². The molecule has 1 saturated carbocycles. The van der Waals surface area contributed by atoms with E-state index in [4.69, 9.17) is 10.5 Å². The van der Waals surface area contributed by atoms with Crippen LogP contribution in [-0.4, -0.2) is 17.1 Å². The first kappa shape index (κ1) is 13.7. The van der Waals surface area contributed by atoms with E-state index in [1.807, 2.05) is 0 Å². The first-order valence-corrected chi connectivity index (χ1v) is 7.11. The average Bonchev–Trinajstić information content (AvgIpc) is 2.54. The number of hydrogen-bond acceptors (Lipinski definition) is 3. The summed E-state index contributed by atoms with van der Waals surface area (Å²) in [5.41, 5.74) is 5.97. The molecular weight excluding hydrogens is 299 g/mol. The zero-order chi connectivity index (χ0) is 13.0. The Kier molecular flexibility index (Phi) is 4.56. The predicted molar refractivity (Wildman–Crippen MR) is 72.0 cm³/mol. The Hall–Kier alpha value is -0.680. The van der Waals surface area contributed by atoms with Crippen molar-refractivity contribution < 1.29 is 9.13 Å². The van der Waals surface area contributed by atoms with Gasteiger partial charge in [0.05, 0.1) is 5.54 Å². The first-order valence-electron chi connectivity index (χ1n) is 6.32. The van der Waals surface area contributed by atoms with Crippen molar-refractivity contribution in [1.29, 1.82) is 0 Å². The van der Waals surface area contributed by atoms with Crippen LogP contribution in [0.5, 0.6) is 5.88 Å².